The van der Waals surface area contributed by atoms with Crippen LogP contribution >= 0.6 is 11.8 Å². The number of nitrogens with one attached hydrogen (secondary N) is 1. The molecule has 0 bridgehead atoms. The lowest BCUT2D eigenvalue weighted by Crippen LogP contribution is -2.41. The van der Waals surface area contributed by atoms with Crippen LogP contribution in [0.4, 0.5) is 23.2 Å². The lowest BCUT2D eigenvalue weighted by molar-refractivity contribution is 0.102. The van der Waals surface area contributed by atoms with E-state index in [1.54, 1.807) is 0 Å². The third kappa shape index (κ3) is 3.97. The fourth-order valence-corrected chi connectivity index (χ4v) is 5.19. The molecule has 3 N–H and O–H groups in total. The average Bonchev–Trinajstić information content (AvgIpc) is 3.55. The minimum atomic E-state index is -1.90. The van der Waals surface area contributed by atoms with Gasteiger partial charge in [-0.05, 0) is 12.5 Å². The second-order valence-electron chi connectivity index (χ2n) is 7.57. The summed E-state index contributed by atoms with van der Waals surface area (Å²) < 4.78 is 61.4. The topological polar surface area (TPSA) is 102 Å². The molecule has 33 heavy (non-hydrogen) atoms. The van der Waals surface area contributed by atoms with E-state index < -0.39 is 52.7 Å². The van der Waals surface area contributed by atoms with Crippen LogP contribution in [0.2, 0.25) is 0 Å². The number of rotatable bonds is 7. The predicted molar refractivity (Wildman–Crippen MR) is 114 cm³/mol. The Kier molecular flexibility index (Phi) is 5.92. The Labute approximate surface area is 190 Å². The first-order valence-electron chi connectivity index (χ1n) is 9.64. The Hall–Kier alpha value is -3.33. The van der Waals surface area contributed by atoms with Crippen molar-refractivity contribution in [2.24, 2.45) is 16.6 Å². The normalized spacial score (nSPS) is 25.4. The van der Waals surface area contributed by atoms with Crippen LogP contribution in [-0.4, -0.2) is 45.7 Å². The molecule has 12 heteroatoms. The second kappa shape index (κ2) is 8.55. The first-order chi connectivity index (χ1) is 15.8. The fourth-order valence-electron chi connectivity index (χ4n) is 3.92. The van der Waals surface area contributed by atoms with Crippen molar-refractivity contribution in [3.63, 3.8) is 0 Å². The van der Waals surface area contributed by atoms with E-state index in [9.17, 15) is 22.4 Å². The number of aliphatic imine (C=N–C) groups is 1. The molecule has 1 saturated carbocycles. The minimum absolute atomic E-state index is 0.0373. The van der Waals surface area contributed by atoms with Crippen molar-refractivity contribution in [2.45, 2.75) is 16.7 Å². The number of alkyl halides is 2. The van der Waals surface area contributed by atoms with Gasteiger partial charge in [-0.3, -0.25) is 4.79 Å². The maximum Gasteiger partial charge on any atom is 0.275 e. The van der Waals surface area contributed by atoms with Gasteiger partial charge < -0.3 is 15.8 Å². The number of ether oxygens (including phenoxy) is 1. The highest BCUT2D eigenvalue weighted by Gasteiger charge is 2.68. The molecule has 1 aromatic carbocycles. The third-order valence-electron chi connectivity index (χ3n) is 5.57. The van der Waals surface area contributed by atoms with E-state index in [0.29, 0.717) is 0 Å². The van der Waals surface area contributed by atoms with Gasteiger partial charge in [0.15, 0.2) is 23.4 Å². The molecule has 0 saturated heterocycles. The largest absolute Gasteiger partial charge is 0.463 e. The van der Waals surface area contributed by atoms with E-state index in [-0.39, 0.29) is 35.5 Å². The summed E-state index contributed by atoms with van der Waals surface area (Å²) in [6.45, 7) is -2.08. The van der Waals surface area contributed by atoms with Gasteiger partial charge in [-0.25, -0.2) is 32.5 Å². The van der Waals surface area contributed by atoms with Crippen molar-refractivity contribution >= 4 is 28.5 Å². The highest BCUT2D eigenvalue weighted by Crippen LogP contribution is 2.66. The SMILES string of the molecule is C#CCOc1cnc(C(=O)Nc2cc(F)c(F)c([C@@]3(CF)N=C(N)S[C@@]4(CF)C[C@H]43)c2)cn1. The number of hydrogen-bond donors (Lipinski definition) is 2. The number of hydrogen-bond acceptors (Lipinski definition) is 7. The number of amidine groups is 1. The number of benzene rings is 1. The summed E-state index contributed by atoms with van der Waals surface area (Å²) in [6.07, 6.45) is 7.55. The molecular weight excluding hydrogens is 462 g/mol. The molecule has 3 atom stereocenters. The summed E-state index contributed by atoms with van der Waals surface area (Å²) in [5, 5.41) is 2.26. The van der Waals surface area contributed by atoms with Crippen LogP contribution in [0.25, 0.3) is 0 Å². The second-order valence-corrected chi connectivity index (χ2v) is 9.01. The molecule has 1 aliphatic heterocycles. The smallest absolute Gasteiger partial charge is 0.275 e. The van der Waals surface area contributed by atoms with Crippen LogP contribution in [0.5, 0.6) is 5.88 Å². The van der Waals surface area contributed by atoms with Crippen molar-refractivity contribution in [1.29, 1.82) is 0 Å². The van der Waals surface area contributed by atoms with Gasteiger partial charge in [0.2, 0.25) is 5.88 Å². The zero-order valence-corrected chi connectivity index (χ0v) is 17.8. The van der Waals surface area contributed by atoms with Crippen molar-refractivity contribution in [2.75, 3.05) is 25.3 Å². The van der Waals surface area contributed by atoms with Gasteiger partial charge in [0.1, 0.15) is 24.6 Å². The van der Waals surface area contributed by atoms with Crippen molar-refractivity contribution in [3.05, 3.63) is 47.4 Å². The lowest BCUT2D eigenvalue weighted by Gasteiger charge is -2.34. The molecule has 2 aromatic rings. The number of thioether (sulfide) groups is 1. The molecule has 0 unspecified atom stereocenters. The van der Waals surface area contributed by atoms with Gasteiger partial charge in [-0.15, -0.1) is 6.42 Å². The Morgan fingerprint density at radius 1 is 1.30 bits per heavy atom. The number of carbonyl (C=O) groups excluding carboxylic acids is 1. The standard InChI is InChI=1S/C21H17F4N5O2S/c1-2-3-32-16-8-27-14(7-28-16)18(31)29-11-4-12(17(25)13(24)5-11)21(10-23)15-6-20(15,9-22)33-19(26)30-21/h1,4-5,7-8,15H,3,6,9-10H2,(H2,26,30)(H,29,31)/t15-,20-,21-/m1/s1. The van der Waals surface area contributed by atoms with Gasteiger partial charge >= 0.3 is 0 Å². The van der Waals surface area contributed by atoms with Crippen LogP contribution < -0.4 is 15.8 Å². The van der Waals surface area contributed by atoms with Gasteiger partial charge in [0.05, 0.1) is 17.1 Å². The third-order valence-corrected chi connectivity index (χ3v) is 6.83. The minimum Gasteiger partial charge on any atom is -0.463 e. The number of terminal acetylenes is 1. The van der Waals surface area contributed by atoms with Crippen molar-refractivity contribution in [1.82, 2.24) is 9.97 Å². The fraction of sp³-hybridized carbons (Fsp3) is 0.333. The lowest BCUT2D eigenvalue weighted by atomic mass is 9.84. The quantitative estimate of drug-likeness (QED) is 0.468. The molecule has 1 aromatic heterocycles. The molecule has 1 fully saturated rings. The first-order valence-corrected chi connectivity index (χ1v) is 10.5. The van der Waals surface area contributed by atoms with Crippen LogP contribution in [0, 0.1) is 29.9 Å². The van der Waals surface area contributed by atoms with E-state index >= 15 is 0 Å². The van der Waals surface area contributed by atoms with Crippen LogP contribution in [0.15, 0.2) is 29.5 Å². The summed E-state index contributed by atoms with van der Waals surface area (Å²) >= 11 is 0.967. The summed E-state index contributed by atoms with van der Waals surface area (Å²) in [5.41, 5.74) is 3.11. The predicted octanol–water partition coefficient (Wildman–Crippen LogP) is 2.97. The Morgan fingerprint density at radius 2 is 2.09 bits per heavy atom. The van der Waals surface area contributed by atoms with Crippen molar-refractivity contribution < 1.29 is 27.1 Å². The Bertz CT molecular complexity index is 1170. The number of carbonyl (C=O) groups is 1. The number of nitrogens with two attached hydrogens (primary N) is 1. The van der Waals surface area contributed by atoms with Crippen LogP contribution in [-0.2, 0) is 5.54 Å². The maximum absolute atomic E-state index is 14.8. The summed E-state index contributed by atoms with van der Waals surface area (Å²) in [7, 11) is 0. The van der Waals surface area contributed by atoms with Gasteiger partial charge in [0.25, 0.3) is 5.91 Å². The summed E-state index contributed by atoms with van der Waals surface area (Å²) in [6, 6.07) is 1.81. The maximum atomic E-state index is 14.8. The monoisotopic (exact) mass is 479 g/mol. The average molecular weight is 479 g/mol. The summed E-state index contributed by atoms with van der Waals surface area (Å²) in [4.78, 5) is 24.3. The zero-order valence-electron chi connectivity index (χ0n) is 16.9. The van der Waals surface area contributed by atoms with E-state index in [0.717, 1.165) is 30.1 Å². The summed E-state index contributed by atoms with van der Waals surface area (Å²) in [5.74, 6) is -1.85. The molecule has 172 valence electrons. The van der Waals surface area contributed by atoms with Gasteiger partial charge in [-0.1, -0.05) is 17.7 Å². The van der Waals surface area contributed by atoms with Gasteiger partial charge in [-0.2, -0.15) is 0 Å². The number of fused-ring (bicyclic) bond motifs is 1. The number of aromatic nitrogens is 2. The van der Waals surface area contributed by atoms with Crippen LogP contribution in [0.3, 0.4) is 0 Å². The molecule has 2 heterocycles. The molecular formula is C21H17F4N5O2S. The Balaban J connectivity index is 1.65. The number of anilines is 1. The van der Waals surface area contributed by atoms with E-state index in [1.165, 1.54) is 6.20 Å². The van der Waals surface area contributed by atoms with Crippen LogP contribution in [0.1, 0.15) is 22.5 Å². The first kappa shape index (κ1) is 22.8. The molecule has 1 amide bonds. The Morgan fingerprint density at radius 3 is 2.73 bits per heavy atom. The zero-order chi connectivity index (χ0) is 23.8. The molecule has 0 spiro atoms. The number of amides is 1. The molecule has 2 aliphatic rings. The molecule has 4 rings (SSSR count). The van der Waals surface area contributed by atoms with Crippen molar-refractivity contribution in [3.8, 4) is 18.2 Å². The number of halogens is 4. The highest BCUT2D eigenvalue weighted by atomic mass is 32.2. The molecule has 0 radical (unpaired) electrons. The molecule has 7 nitrogen and oxygen atoms in total. The van der Waals surface area contributed by atoms with Gasteiger partial charge in [0, 0.05) is 23.2 Å². The van der Waals surface area contributed by atoms with E-state index in [2.05, 4.69) is 26.2 Å². The van der Waals surface area contributed by atoms with E-state index in [4.69, 9.17) is 16.9 Å². The molecule has 1 aliphatic carbocycles. The highest BCUT2D eigenvalue weighted by molar-refractivity contribution is 8.15. The number of nitrogens with zero attached hydrogens (tertiary/aromatic N) is 3. The van der Waals surface area contributed by atoms with E-state index in [1.807, 2.05) is 0 Å².